The Labute approximate surface area is 105 Å². The maximum absolute atomic E-state index is 12.0. The summed E-state index contributed by atoms with van der Waals surface area (Å²) in [6.07, 6.45) is -7.44. The molecule has 0 fully saturated rings. The minimum Gasteiger partial charge on any atom is -0.490 e. The van der Waals surface area contributed by atoms with Crippen molar-refractivity contribution < 1.29 is 27.8 Å². The SMILES string of the molecule is NC(=O)c1cc(Cl)ccc1OC[C@H](O)C(F)(F)F. The van der Waals surface area contributed by atoms with Gasteiger partial charge < -0.3 is 15.6 Å². The number of nitrogens with two attached hydrogens (primary N) is 1. The highest BCUT2D eigenvalue weighted by Gasteiger charge is 2.38. The van der Waals surface area contributed by atoms with Crippen molar-refractivity contribution >= 4 is 17.5 Å². The van der Waals surface area contributed by atoms with Gasteiger partial charge in [0.2, 0.25) is 0 Å². The van der Waals surface area contributed by atoms with Gasteiger partial charge in [-0.2, -0.15) is 13.2 Å². The van der Waals surface area contributed by atoms with E-state index in [0.717, 1.165) is 0 Å². The van der Waals surface area contributed by atoms with E-state index in [0.29, 0.717) is 0 Å². The van der Waals surface area contributed by atoms with E-state index in [1.54, 1.807) is 0 Å². The summed E-state index contributed by atoms with van der Waals surface area (Å²) in [7, 11) is 0. The van der Waals surface area contributed by atoms with Gasteiger partial charge in [-0.25, -0.2) is 0 Å². The molecule has 100 valence electrons. The quantitative estimate of drug-likeness (QED) is 0.884. The van der Waals surface area contributed by atoms with Crippen LogP contribution in [0.4, 0.5) is 13.2 Å². The highest BCUT2D eigenvalue weighted by molar-refractivity contribution is 6.31. The summed E-state index contributed by atoms with van der Waals surface area (Å²) in [5, 5.41) is 8.93. The molecule has 0 heterocycles. The molecule has 0 saturated carbocycles. The molecule has 8 heteroatoms. The highest BCUT2D eigenvalue weighted by Crippen LogP contribution is 2.25. The number of aliphatic hydroxyl groups excluding tert-OH is 1. The minimum absolute atomic E-state index is 0.156. The number of benzene rings is 1. The van der Waals surface area contributed by atoms with Gasteiger partial charge in [0.05, 0.1) is 5.56 Å². The van der Waals surface area contributed by atoms with Crippen molar-refractivity contribution in [2.24, 2.45) is 5.73 Å². The molecule has 1 aromatic rings. The number of amides is 1. The van der Waals surface area contributed by atoms with Crippen LogP contribution in [0, 0.1) is 0 Å². The second-order valence-electron chi connectivity index (χ2n) is 3.37. The van der Waals surface area contributed by atoms with Crippen LogP contribution in [0.3, 0.4) is 0 Å². The van der Waals surface area contributed by atoms with E-state index in [1.165, 1.54) is 18.2 Å². The Kier molecular flexibility index (Phi) is 4.42. The maximum atomic E-state index is 12.0. The molecular weight excluding hydrogens is 275 g/mol. The smallest absolute Gasteiger partial charge is 0.417 e. The van der Waals surface area contributed by atoms with E-state index in [4.69, 9.17) is 27.2 Å². The lowest BCUT2D eigenvalue weighted by molar-refractivity contribution is -0.210. The third-order valence-electron chi connectivity index (χ3n) is 1.98. The monoisotopic (exact) mass is 283 g/mol. The van der Waals surface area contributed by atoms with Crippen LogP contribution in [-0.2, 0) is 0 Å². The molecule has 0 aromatic heterocycles. The molecule has 0 spiro atoms. The summed E-state index contributed by atoms with van der Waals surface area (Å²) in [5.74, 6) is -1.07. The van der Waals surface area contributed by atoms with Gasteiger partial charge in [0.25, 0.3) is 5.91 Å². The molecule has 1 rings (SSSR count). The predicted octanol–water partition coefficient (Wildman–Crippen LogP) is 1.74. The molecule has 0 aliphatic rings. The summed E-state index contributed by atoms with van der Waals surface area (Å²) >= 11 is 5.60. The number of hydrogen-bond acceptors (Lipinski definition) is 3. The molecular formula is C10H9ClF3NO3. The van der Waals surface area contributed by atoms with Crippen LogP contribution < -0.4 is 10.5 Å². The van der Waals surface area contributed by atoms with Crippen LogP contribution in [0.5, 0.6) is 5.75 Å². The molecule has 1 atom stereocenters. The molecule has 3 N–H and O–H groups in total. The van der Waals surface area contributed by atoms with Crippen molar-refractivity contribution in [1.82, 2.24) is 0 Å². The summed E-state index contributed by atoms with van der Waals surface area (Å²) < 4.78 is 40.8. The van der Waals surface area contributed by atoms with E-state index < -0.39 is 24.8 Å². The van der Waals surface area contributed by atoms with Crippen molar-refractivity contribution in [3.8, 4) is 5.75 Å². The minimum atomic E-state index is -4.79. The third-order valence-corrected chi connectivity index (χ3v) is 2.22. The van der Waals surface area contributed by atoms with Gasteiger partial charge in [0.1, 0.15) is 12.4 Å². The standard InChI is InChI=1S/C10H9ClF3NO3/c11-5-1-2-7(6(3-5)9(15)17)18-4-8(16)10(12,13)14/h1-3,8,16H,4H2,(H2,15,17)/t8-/m0/s1. The molecule has 0 radical (unpaired) electrons. The summed E-state index contributed by atoms with van der Waals surface area (Å²) in [6, 6.07) is 3.69. The van der Waals surface area contributed by atoms with Crippen LogP contribution in [0.2, 0.25) is 5.02 Å². The average Bonchev–Trinajstić information content (AvgIpc) is 2.25. The van der Waals surface area contributed by atoms with E-state index >= 15 is 0 Å². The van der Waals surface area contributed by atoms with Gasteiger partial charge in [-0.05, 0) is 18.2 Å². The van der Waals surface area contributed by atoms with Gasteiger partial charge in [-0.1, -0.05) is 11.6 Å². The summed E-state index contributed by atoms with van der Waals surface area (Å²) in [6.45, 7) is -1.04. The van der Waals surface area contributed by atoms with E-state index in [1.807, 2.05) is 0 Å². The zero-order chi connectivity index (χ0) is 13.9. The molecule has 1 aromatic carbocycles. The molecule has 0 aliphatic carbocycles. The van der Waals surface area contributed by atoms with Crippen LogP contribution in [0.25, 0.3) is 0 Å². The normalized spacial score (nSPS) is 13.2. The van der Waals surface area contributed by atoms with Crippen molar-refractivity contribution in [2.75, 3.05) is 6.61 Å². The number of ether oxygens (including phenoxy) is 1. The Morgan fingerprint density at radius 2 is 2.11 bits per heavy atom. The van der Waals surface area contributed by atoms with Crippen molar-refractivity contribution in [1.29, 1.82) is 0 Å². The first-order chi connectivity index (χ1) is 8.21. The van der Waals surface area contributed by atoms with Gasteiger partial charge in [0, 0.05) is 5.02 Å². The number of hydrogen-bond donors (Lipinski definition) is 2. The third kappa shape index (κ3) is 3.78. The Bertz CT molecular complexity index is 450. The van der Waals surface area contributed by atoms with E-state index in [2.05, 4.69) is 0 Å². The molecule has 0 bridgehead atoms. The Morgan fingerprint density at radius 1 is 1.50 bits per heavy atom. The van der Waals surface area contributed by atoms with Gasteiger partial charge in [-0.15, -0.1) is 0 Å². The van der Waals surface area contributed by atoms with Gasteiger partial charge in [-0.3, -0.25) is 4.79 Å². The zero-order valence-corrected chi connectivity index (χ0v) is 9.63. The average molecular weight is 284 g/mol. The Morgan fingerprint density at radius 3 is 2.61 bits per heavy atom. The lowest BCUT2D eigenvalue weighted by Gasteiger charge is -2.16. The van der Waals surface area contributed by atoms with Crippen molar-refractivity contribution in [3.05, 3.63) is 28.8 Å². The second-order valence-corrected chi connectivity index (χ2v) is 3.81. The molecule has 18 heavy (non-hydrogen) atoms. The Balaban J connectivity index is 2.82. The number of carbonyl (C=O) groups is 1. The van der Waals surface area contributed by atoms with Crippen LogP contribution >= 0.6 is 11.6 Å². The topological polar surface area (TPSA) is 72.6 Å². The van der Waals surface area contributed by atoms with Crippen molar-refractivity contribution in [2.45, 2.75) is 12.3 Å². The van der Waals surface area contributed by atoms with Gasteiger partial charge in [0.15, 0.2) is 6.10 Å². The Hall–Kier alpha value is -1.47. The number of halogens is 4. The second kappa shape index (κ2) is 5.45. The molecule has 0 aliphatic heterocycles. The number of alkyl halides is 3. The zero-order valence-electron chi connectivity index (χ0n) is 8.87. The van der Waals surface area contributed by atoms with Crippen LogP contribution in [0.1, 0.15) is 10.4 Å². The van der Waals surface area contributed by atoms with E-state index in [9.17, 15) is 18.0 Å². The molecule has 0 saturated heterocycles. The van der Waals surface area contributed by atoms with Crippen molar-refractivity contribution in [3.63, 3.8) is 0 Å². The summed E-state index contributed by atoms with van der Waals surface area (Å²) in [4.78, 5) is 11.0. The highest BCUT2D eigenvalue weighted by atomic mass is 35.5. The fourth-order valence-electron chi connectivity index (χ4n) is 1.08. The molecule has 4 nitrogen and oxygen atoms in total. The number of primary amides is 1. The molecule has 1 amide bonds. The maximum Gasteiger partial charge on any atom is 0.417 e. The number of carbonyl (C=O) groups excluding carboxylic acids is 1. The van der Waals surface area contributed by atoms with Gasteiger partial charge >= 0.3 is 6.18 Å². The first-order valence-electron chi connectivity index (χ1n) is 4.68. The predicted molar refractivity (Wildman–Crippen MR) is 57.5 cm³/mol. The fourth-order valence-corrected chi connectivity index (χ4v) is 1.26. The van der Waals surface area contributed by atoms with Crippen LogP contribution in [0.15, 0.2) is 18.2 Å². The molecule has 0 unspecified atom stereocenters. The lowest BCUT2D eigenvalue weighted by Crippen LogP contribution is -2.34. The first-order valence-corrected chi connectivity index (χ1v) is 5.06. The van der Waals surface area contributed by atoms with E-state index in [-0.39, 0.29) is 16.3 Å². The first kappa shape index (κ1) is 14.6. The summed E-state index contributed by atoms with van der Waals surface area (Å²) in [5.41, 5.74) is 4.86. The fraction of sp³-hybridized carbons (Fsp3) is 0.300. The lowest BCUT2D eigenvalue weighted by atomic mass is 10.2. The number of aliphatic hydroxyl groups is 1. The largest absolute Gasteiger partial charge is 0.490 e. The van der Waals surface area contributed by atoms with Crippen LogP contribution in [-0.4, -0.2) is 29.9 Å². The number of rotatable bonds is 4.